The highest BCUT2D eigenvalue weighted by Crippen LogP contribution is 2.25. The third kappa shape index (κ3) is 2.18. The zero-order valence-corrected chi connectivity index (χ0v) is 10.6. The number of halogens is 1. The average molecular weight is 244 g/mol. The van der Waals surface area contributed by atoms with Crippen LogP contribution in [-0.4, -0.2) is 36.1 Å². The van der Waals surface area contributed by atoms with Crippen LogP contribution in [-0.2, 0) is 17.7 Å². The topological polar surface area (TPSA) is 30.3 Å². The molecule has 0 spiro atoms. The summed E-state index contributed by atoms with van der Waals surface area (Å²) in [6.07, 6.45) is 1.06. The zero-order valence-electron chi connectivity index (χ0n) is 9.87. The molecule has 0 N–H and O–H groups in total. The summed E-state index contributed by atoms with van der Waals surface area (Å²) in [6, 6.07) is 0. The number of ether oxygens (including phenoxy) is 1. The second kappa shape index (κ2) is 5.06. The largest absolute Gasteiger partial charge is 0.380 e. The second-order valence-corrected chi connectivity index (χ2v) is 4.37. The van der Waals surface area contributed by atoms with Gasteiger partial charge in [-0.05, 0) is 13.3 Å². The molecular weight excluding hydrogens is 226 g/mol. The Morgan fingerprint density at radius 2 is 2.19 bits per heavy atom. The predicted molar refractivity (Wildman–Crippen MR) is 65.2 cm³/mol. The summed E-state index contributed by atoms with van der Waals surface area (Å²) >= 11 is 6.00. The Kier molecular flexibility index (Phi) is 3.71. The molecule has 2 rings (SSSR count). The van der Waals surface area contributed by atoms with E-state index in [2.05, 4.69) is 10.00 Å². The van der Waals surface area contributed by atoms with Crippen LogP contribution in [0.4, 0.5) is 5.82 Å². The molecule has 90 valence electrons. The Hall–Kier alpha value is -0.740. The molecule has 0 saturated carbocycles. The van der Waals surface area contributed by atoms with Gasteiger partial charge < -0.3 is 9.64 Å². The molecule has 1 aliphatic rings. The molecular formula is C11H18ClN3O. The van der Waals surface area contributed by atoms with Crippen LogP contribution in [0.15, 0.2) is 0 Å². The highest BCUT2D eigenvalue weighted by molar-refractivity contribution is 6.17. The third-order valence-electron chi connectivity index (χ3n) is 2.97. The summed E-state index contributed by atoms with van der Waals surface area (Å²) in [7, 11) is 1.98. The Morgan fingerprint density at radius 1 is 1.38 bits per heavy atom. The van der Waals surface area contributed by atoms with E-state index in [-0.39, 0.29) is 0 Å². The van der Waals surface area contributed by atoms with Gasteiger partial charge in [0.2, 0.25) is 0 Å². The van der Waals surface area contributed by atoms with Crippen molar-refractivity contribution < 1.29 is 4.74 Å². The first-order valence-electron chi connectivity index (χ1n) is 5.65. The molecule has 5 heteroatoms. The van der Waals surface area contributed by atoms with E-state index in [0.29, 0.717) is 5.88 Å². The van der Waals surface area contributed by atoms with Crippen molar-refractivity contribution in [2.24, 2.45) is 7.05 Å². The molecule has 0 aromatic carbocycles. The van der Waals surface area contributed by atoms with Crippen molar-refractivity contribution in [1.82, 2.24) is 9.78 Å². The van der Waals surface area contributed by atoms with E-state index >= 15 is 0 Å². The lowest BCUT2D eigenvalue weighted by molar-refractivity contribution is 0.152. The van der Waals surface area contributed by atoms with Crippen molar-refractivity contribution in [2.45, 2.75) is 19.2 Å². The lowest BCUT2D eigenvalue weighted by Gasteiger charge is -2.23. The van der Waals surface area contributed by atoms with E-state index in [1.54, 1.807) is 0 Å². The normalized spacial score (nSPS) is 17.6. The average Bonchev–Trinajstić information content (AvgIpc) is 2.48. The van der Waals surface area contributed by atoms with Gasteiger partial charge in [0.1, 0.15) is 5.82 Å². The molecule has 0 aliphatic carbocycles. The lowest BCUT2D eigenvalue weighted by Crippen LogP contribution is -2.28. The molecule has 4 nitrogen and oxygen atoms in total. The third-order valence-corrected chi connectivity index (χ3v) is 3.24. The van der Waals surface area contributed by atoms with Crippen molar-refractivity contribution >= 4 is 17.4 Å². The van der Waals surface area contributed by atoms with E-state index in [4.69, 9.17) is 16.3 Å². The first-order chi connectivity index (χ1) is 7.74. The van der Waals surface area contributed by atoms with Crippen LogP contribution >= 0.6 is 11.6 Å². The van der Waals surface area contributed by atoms with Crippen LogP contribution < -0.4 is 4.90 Å². The molecule has 16 heavy (non-hydrogen) atoms. The van der Waals surface area contributed by atoms with Gasteiger partial charge in [-0.25, -0.2) is 0 Å². The number of nitrogens with zero attached hydrogens (tertiary/aromatic N) is 3. The summed E-state index contributed by atoms with van der Waals surface area (Å²) in [5.74, 6) is 1.67. The Bertz CT molecular complexity index is 356. The fourth-order valence-corrected chi connectivity index (χ4v) is 2.51. The number of hydrogen-bond donors (Lipinski definition) is 0. The summed E-state index contributed by atoms with van der Waals surface area (Å²) < 4.78 is 7.39. The van der Waals surface area contributed by atoms with Crippen LogP contribution in [0.1, 0.15) is 17.7 Å². The number of aryl methyl sites for hydroxylation is 2. The van der Waals surface area contributed by atoms with E-state index in [9.17, 15) is 0 Å². The maximum absolute atomic E-state index is 6.00. The zero-order chi connectivity index (χ0) is 11.5. The molecule has 0 amide bonds. The molecule has 1 aromatic rings. The Balaban J connectivity index is 2.29. The van der Waals surface area contributed by atoms with Gasteiger partial charge in [-0.15, -0.1) is 11.6 Å². The molecule has 0 atom stereocenters. The van der Waals surface area contributed by atoms with Crippen molar-refractivity contribution in [2.75, 3.05) is 31.2 Å². The molecule has 1 fully saturated rings. The SMILES string of the molecule is Cc1nn(C)c(N2CCCOCC2)c1CCl. The number of rotatable bonds is 2. The fourth-order valence-electron chi connectivity index (χ4n) is 2.20. The van der Waals surface area contributed by atoms with Gasteiger partial charge in [-0.1, -0.05) is 0 Å². The number of alkyl halides is 1. The molecule has 1 aromatic heterocycles. The smallest absolute Gasteiger partial charge is 0.131 e. The predicted octanol–water partition coefficient (Wildman–Crippen LogP) is 1.69. The van der Waals surface area contributed by atoms with Crippen molar-refractivity contribution in [3.8, 4) is 0 Å². The van der Waals surface area contributed by atoms with Gasteiger partial charge in [0.15, 0.2) is 0 Å². The monoisotopic (exact) mass is 243 g/mol. The second-order valence-electron chi connectivity index (χ2n) is 4.10. The van der Waals surface area contributed by atoms with Crippen LogP contribution in [0.2, 0.25) is 0 Å². The van der Waals surface area contributed by atoms with Gasteiger partial charge in [0, 0.05) is 32.3 Å². The number of hydrogen-bond acceptors (Lipinski definition) is 3. The highest BCUT2D eigenvalue weighted by Gasteiger charge is 2.19. The molecule has 0 bridgehead atoms. The Labute approximate surface area is 101 Å². The van der Waals surface area contributed by atoms with E-state index in [0.717, 1.165) is 49.8 Å². The summed E-state index contributed by atoms with van der Waals surface area (Å²) in [5, 5.41) is 4.44. The lowest BCUT2D eigenvalue weighted by atomic mass is 10.2. The van der Waals surface area contributed by atoms with Gasteiger partial charge >= 0.3 is 0 Å². The minimum atomic E-state index is 0.520. The van der Waals surface area contributed by atoms with E-state index < -0.39 is 0 Å². The Morgan fingerprint density at radius 3 is 2.94 bits per heavy atom. The van der Waals surface area contributed by atoms with Gasteiger partial charge in [-0.3, -0.25) is 4.68 Å². The molecule has 0 radical (unpaired) electrons. The van der Waals surface area contributed by atoms with Crippen molar-refractivity contribution in [3.63, 3.8) is 0 Å². The van der Waals surface area contributed by atoms with Gasteiger partial charge in [0.25, 0.3) is 0 Å². The highest BCUT2D eigenvalue weighted by atomic mass is 35.5. The first-order valence-corrected chi connectivity index (χ1v) is 6.18. The minimum absolute atomic E-state index is 0.520. The molecule has 2 heterocycles. The number of aromatic nitrogens is 2. The van der Waals surface area contributed by atoms with Crippen LogP contribution in [0.5, 0.6) is 0 Å². The van der Waals surface area contributed by atoms with E-state index in [1.807, 2.05) is 18.7 Å². The number of anilines is 1. The van der Waals surface area contributed by atoms with Crippen molar-refractivity contribution in [1.29, 1.82) is 0 Å². The standard InChI is InChI=1S/C11H18ClN3O/c1-9-10(8-12)11(14(2)13-9)15-4-3-6-16-7-5-15/h3-8H2,1-2H3. The van der Waals surface area contributed by atoms with Crippen LogP contribution in [0, 0.1) is 6.92 Å². The maximum Gasteiger partial charge on any atom is 0.131 e. The minimum Gasteiger partial charge on any atom is -0.380 e. The van der Waals surface area contributed by atoms with Crippen LogP contribution in [0.3, 0.4) is 0 Å². The van der Waals surface area contributed by atoms with Crippen LogP contribution in [0.25, 0.3) is 0 Å². The first kappa shape index (κ1) is 11.7. The molecule has 1 saturated heterocycles. The quantitative estimate of drug-likeness (QED) is 0.741. The fraction of sp³-hybridized carbons (Fsp3) is 0.727. The van der Waals surface area contributed by atoms with Gasteiger partial charge in [0.05, 0.1) is 18.2 Å². The summed E-state index contributed by atoms with van der Waals surface area (Å²) in [4.78, 5) is 2.32. The van der Waals surface area contributed by atoms with Crippen molar-refractivity contribution in [3.05, 3.63) is 11.3 Å². The molecule has 0 unspecified atom stereocenters. The van der Waals surface area contributed by atoms with E-state index in [1.165, 1.54) is 0 Å². The summed E-state index contributed by atoms with van der Waals surface area (Å²) in [6.45, 7) is 5.58. The maximum atomic E-state index is 6.00. The summed E-state index contributed by atoms with van der Waals surface area (Å²) in [5.41, 5.74) is 2.17. The molecule has 1 aliphatic heterocycles. The van der Waals surface area contributed by atoms with Gasteiger partial charge in [-0.2, -0.15) is 5.10 Å².